The van der Waals surface area contributed by atoms with Gasteiger partial charge in [-0.15, -0.1) is 0 Å². The first-order valence-electron chi connectivity index (χ1n) is 10.5. The number of amides is 3. The monoisotopic (exact) mass is 450 g/mol. The lowest BCUT2D eigenvalue weighted by atomic mass is 10.2. The highest BCUT2D eigenvalue weighted by molar-refractivity contribution is 6.31. The molecular formula is C23H32ClFN4O2. The average Bonchev–Trinajstić information content (AvgIpc) is 3.11. The molecule has 0 aliphatic rings. The number of carbonyl (C=O) groups excluding carboxylic acids is 2. The number of benzene rings is 1. The minimum absolute atomic E-state index is 0.0487. The molecule has 0 saturated carbocycles. The van der Waals surface area contributed by atoms with Gasteiger partial charge in [0.1, 0.15) is 12.4 Å². The maximum atomic E-state index is 13.4. The molecule has 2 rings (SSSR count). The van der Waals surface area contributed by atoms with Crippen molar-refractivity contribution in [3.63, 3.8) is 0 Å². The van der Waals surface area contributed by atoms with E-state index in [2.05, 4.69) is 19.2 Å². The highest BCUT2D eigenvalue weighted by atomic mass is 35.5. The van der Waals surface area contributed by atoms with Gasteiger partial charge < -0.3 is 19.7 Å². The average molecular weight is 451 g/mol. The molecule has 0 aliphatic heterocycles. The summed E-state index contributed by atoms with van der Waals surface area (Å²) in [6.07, 6.45) is 2.63. The van der Waals surface area contributed by atoms with Crippen molar-refractivity contribution in [1.29, 1.82) is 0 Å². The van der Waals surface area contributed by atoms with Gasteiger partial charge in [0.2, 0.25) is 5.91 Å². The fourth-order valence-electron chi connectivity index (χ4n) is 3.21. The van der Waals surface area contributed by atoms with Gasteiger partial charge in [0, 0.05) is 37.2 Å². The van der Waals surface area contributed by atoms with Crippen molar-refractivity contribution in [2.45, 2.75) is 46.7 Å². The normalized spacial score (nSPS) is 12.0. The van der Waals surface area contributed by atoms with Gasteiger partial charge in [-0.05, 0) is 49.6 Å². The SMILES string of the molecule is CCC(C)N(CC(=O)N(Cc1cccn1C)CC(C)C)C(=O)Nc1ccc(F)c(Cl)c1. The minimum atomic E-state index is -0.557. The lowest BCUT2D eigenvalue weighted by molar-refractivity contribution is -0.133. The van der Waals surface area contributed by atoms with Crippen LogP contribution in [0.5, 0.6) is 0 Å². The number of urea groups is 1. The van der Waals surface area contributed by atoms with Crippen molar-refractivity contribution in [2.75, 3.05) is 18.4 Å². The van der Waals surface area contributed by atoms with Gasteiger partial charge in [-0.1, -0.05) is 32.4 Å². The fourth-order valence-corrected chi connectivity index (χ4v) is 3.40. The summed E-state index contributed by atoms with van der Waals surface area (Å²) in [5, 5.41) is 2.65. The Hall–Kier alpha value is -2.54. The number of nitrogens with one attached hydrogen (secondary N) is 1. The summed E-state index contributed by atoms with van der Waals surface area (Å²) >= 11 is 5.82. The highest BCUT2D eigenvalue weighted by Crippen LogP contribution is 2.20. The summed E-state index contributed by atoms with van der Waals surface area (Å²) in [5.41, 5.74) is 1.40. The third-order valence-electron chi connectivity index (χ3n) is 5.20. The van der Waals surface area contributed by atoms with E-state index in [9.17, 15) is 14.0 Å². The largest absolute Gasteiger partial charge is 0.353 e. The predicted octanol–water partition coefficient (Wildman–Crippen LogP) is 5.13. The fraction of sp³-hybridized carbons (Fsp3) is 0.478. The van der Waals surface area contributed by atoms with Crippen molar-refractivity contribution in [2.24, 2.45) is 13.0 Å². The van der Waals surface area contributed by atoms with Crippen LogP contribution in [0.3, 0.4) is 0 Å². The molecule has 1 unspecified atom stereocenters. The zero-order chi connectivity index (χ0) is 23.1. The molecule has 1 heterocycles. The van der Waals surface area contributed by atoms with Crippen molar-refractivity contribution in [1.82, 2.24) is 14.4 Å². The van der Waals surface area contributed by atoms with Crippen LogP contribution in [-0.4, -0.2) is 45.4 Å². The Morgan fingerprint density at radius 3 is 2.48 bits per heavy atom. The molecule has 0 radical (unpaired) electrons. The molecule has 6 nitrogen and oxygen atoms in total. The topological polar surface area (TPSA) is 57.6 Å². The van der Waals surface area contributed by atoms with Crippen LogP contribution in [-0.2, 0) is 18.4 Å². The first-order chi connectivity index (χ1) is 14.6. The Labute approximate surface area is 189 Å². The van der Waals surface area contributed by atoms with Crippen molar-refractivity contribution in [3.8, 4) is 0 Å². The number of anilines is 1. The highest BCUT2D eigenvalue weighted by Gasteiger charge is 2.26. The Balaban J connectivity index is 2.17. The quantitative estimate of drug-likeness (QED) is 0.575. The van der Waals surface area contributed by atoms with E-state index >= 15 is 0 Å². The van der Waals surface area contributed by atoms with Crippen LogP contribution in [0.2, 0.25) is 5.02 Å². The lowest BCUT2D eigenvalue weighted by Crippen LogP contribution is -2.48. The number of carbonyl (C=O) groups is 2. The number of nitrogens with zero attached hydrogens (tertiary/aromatic N) is 3. The molecule has 0 spiro atoms. The van der Waals surface area contributed by atoms with Crippen LogP contribution in [0, 0.1) is 11.7 Å². The van der Waals surface area contributed by atoms with E-state index in [4.69, 9.17) is 11.6 Å². The molecule has 1 N–H and O–H groups in total. The molecule has 0 bridgehead atoms. The second-order valence-corrected chi connectivity index (χ2v) is 8.63. The summed E-state index contributed by atoms with van der Waals surface area (Å²) < 4.78 is 15.4. The molecule has 1 aromatic carbocycles. The Kier molecular flexibility index (Phi) is 8.92. The Morgan fingerprint density at radius 1 is 1.23 bits per heavy atom. The van der Waals surface area contributed by atoms with Crippen LogP contribution in [0.15, 0.2) is 36.5 Å². The number of halogens is 2. The summed E-state index contributed by atoms with van der Waals surface area (Å²) in [4.78, 5) is 29.5. The van der Waals surface area contributed by atoms with E-state index < -0.39 is 11.8 Å². The molecule has 1 atom stereocenters. The number of hydrogen-bond acceptors (Lipinski definition) is 2. The van der Waals surface area contributed by atoms with Crippen LogP contribution in [0.25, 0.3) is 0 Å². The maximum Gasteiger partial charge on any atom is 0.322 e. The van der Waals surface area contributed by atoms with Gasteiger partial charge in [0.05, 0.1) is 11.6 Å². The summed E-state index contributed by atoms with van der Waals surface area (Å²) in [7, 11) is 1.94. The maximum absolute atomic E-state index is 13.4. The van der Waals surface area contributed by atoms with Crippen LogP contribution < -0.4 is 5.32 Å². The molecule has 0 saturated heterocycles. The molecule has 31 heavy (non-hydrogen) atoms. The number of aromatic nitrogens is 1. The van der Waals surface area contributed by atoms with Crippen molar-refractivity contribution >= 4 is 29.2 Å². The van der Waals surface area contributed by atoms with E-state index in [0.29, 0.717) is 25.2 Å². The standard InChI is InChI=1S/C23H32ClFN4O2/c1-6-17(4)29(23(31)26-18-9-10-21(25)20(24)12-18)15-22(30)28(13-16(2)3)14-19-8-7-11-27(19)5/h7-12,16-17H,6,13-15H2,1-5H3,(H,26,31). The Morgan fingerprint density at radius 2 is 1.94 bits per heavy atom. The molecule has 2 aromatic rings. The zero-order valence-electron chi connectivity index (χ0n) is 18.9. The summed E-state index contributed by atoms with van der Waals surface area (Å²) in [5.74, 6) is -0.391. The van der Waals surface area contributed by atoms with E-state index in [1.54, 1.807) is 4.90 Å². The molecule has 1 aromatic heterocycles. The summed E-state index contributed by atoms with van der Waals surface area (Å²) in [6, 6.07) is 7.34. The van der Waals surface area contributed by atoms with Gasteiger partial charge in [-0.3, -0.25) is 4.79 Å². The molecule has 8 heteroatoms. The molecule has 0 fully saturated rings. The van der Waals surface area contributed by atoms with Gasteiger partial charge in [0.15, 0.2) is 0 Å². The third-order valence-corrected chi connectivity index (χ3v) is 5.49. The number of aryl methyl sites for hydroxylation is 1. The number of rotatable bonds is 9. The van der Waals surface area contributed by atoms with E-state index in [1.165, 1.54) is 23.1 Å². The zero-order valence-corrected chi connectivity index (χ0v) is 19.6. The van der Waals surface area contributed by atoms with E-state index in [1.807, 2.05) is 43.8 Å². The first kappa shape index (κ1) is 24.7. The first-order valence-corrected chi connectivity index (χ1v) is 10.9. The predicted molar refractivity (Wildman–Crippen MR) is 123 cm³/mol. The van der Waals surface area contributed by atoms with Gasteiger partial charge >= 0.3 is 6.03 Å². The summed E-state index contributed by atoms with van der Waals surface area (Å²) in [6.45, 7) is 8.99. The van der Waals surface area contributed by atoms with Crippen molar-refractivity contribution < 1.29 is 14.0 Å². The Bertz CT molecular complexity index is 899. The molecule has 170 valence electrons. The minimum Gasteiger partial charge on any atom is -0.353 e. The third kappa shape index (κ3) is 6.99. The second-order valence-electron chi connectivity index (χ2n) is 8.22. The van der Waals surface area contributed by atoms with Gasteiger partial charge in [-0.25, -0.2) is 9.18 Å². The molecular weight excluding hydrogens is 419 g/mol. The van der Waals surface area contributed by atoms with Crippen molar-refractivity contribution in [3.05, 3.63) is 53.1 Å². The van der Waals surface area contributed by atoms with Gasteiger partial charge in [-0.2, -0.15) is 0 Å². The van der Waals surface area contributed by atoms with Crippen LogP contribution >= 0.6 is 11.6 Å². The number of hydrogen-bond donors (Lipinski definition) is 1. The van der Waals surface area contributed by atoms with E-state index in [-0.39, 0.29) is 29.4 Å². The van der Waals surface area contributed by atoms with Crippen LogP contribution in [0.4, 0.5) is 14.9 Å². The smallest absolute Gasteiger partial charge is 0.322 e. The van der Waals surface area contributed by atoms with Crippen LogP contribution in [0.1, 0.15) is 39.8 Å². The van der Waals surface area contributed by atoms with E-state index in [0.717, 1.165) is 5.69 Å². The molecule has 0 aliphatic carbocycles. The van der Waals surface area contributed by atoms with Gasteiger partial charge in [0.25, 0.3) is 0 Å². The lowest BCUT2D eigenvalue weighted by Gasteiger charge is -2.32. The molecule has 3 amide bonds. The second kappa shape index (κ2) is 11.2.